The van der Waals surface area contributed by atoms with Gasteiger partial charge < -0.3 is 0 Å². The summed E-state index contributed by atoms with van der Waals surface area (Å²) < 4.78 is 0. The quantitative estimate of drug-likeness (QED) is 0.235. The van der Waals surface area contributed by atoms with Gasteiger partial charge in [-0.25, -0.2) is 0 Å². The molecule has 0 nitrogen and oxygen atoms in total. The van der Waals surface area contributed by atoms with E-state index in [1.165, 1.54) is 80.9 Å². The number of hydrogen-bond acceptors (Lipinski definition) is 0. The van der Waals surface area contributed by atoms with Crippen LogP contribution >= 0.6 is 0 Å². The molecule has 172 valence electrons. The normalized spacial score (nSPS) is 13.4. The Morgan fingerprint density at radius 3 is 1.17 bits per heavy atom. The summed E-state index contributed by atoms with van der Waals surface area (Å²) in [6, 6.07) is 0. The van der Waals surface area contributed by atoms with Crippen molar-refractivity contribution in [2.24, 2.45) is 5.41 Å². The van der Waals surface area contributed by atoms with Crippen molar-refractivity contribution in [1.82, 2.24) is 0 Å². The van der Waals surface area contributed by atoms with Crippen LogP contribution in [-0.2, 0) is 0 Å². The first-order chi connectivity index (χ1) is 14.1. The highest BCUT2D eigenvalue weighted by Crippen LogP contribution is 2.36. The monoisotopic (exact) mass is 412 g/mol. The lowest BCUT2D eigenvalue weighted by Crippen LogP contribution is -2.17. The second-order valence-corrected chi connectivity index (χ2v) is 9.95. The highest BCUT2D eigenvalue weighted by Gasteiger charge is 2.23. The zero-order valence-electron chi connectivity index (χ0n) is 22.0. The Kier molecular flexibility index (Phi) is 15.7. The molecule has 0 radical (unpaired) electrons. The van der Waals surface area contributed by atoms with Gasteiger partial charge in [0.2, 0.25) is 0 Å². The average Bonchev–Trinajstić information content (AvgIpc) is 2.68. The van der Waals surface area contributed by atoms with Gasteiger partial charge in [0.25, 0.3) is 0 Å². The Morgan fingerprint density at radius 2 is 0.833 bits per heavy atom. The zero-order chi connectivity index (χ0) is 23.0. The first kappa shape index (κ1) is 28.7. The van der Waals surface area contributed by atoms with Crippen LogP contribution in [0.5, 0.6) is 0 Å². The minimum atomic E-state index is 0.426. The maximum atomic E-state index is 2.53. The largest absolute Gasteiger partial charge is 0.0856 e. The van der Waals surface area contributed by atoms with Gasteiger partial charge in [-0.1, -0.05) is 72.1 Å². The maximum absolute atomic E-state index is 2.53. The Balaban J connectivity index is 4.68. The Hall–Kier alpha value is -1.30. The first-order valence-electron chi connectivity index (χ1n) is 12.4. The minimum absolute atomic E-state index is 0.426. The van der Waals surface area contributed by atoms with Crippen molar-refractivity contribution in [3.63, 3.8) is 0 Å². The van der Waals surface area contributed by atoms with Crippen LogP contribution in [-0.4, -0.2) is 0 Å². The van der Waals surface area contributed by atoms with Gasteiger partial charge in [0, 0.05) is 0 Å². The molecule has 0 aliphatic heterocycles. The molecule has 0 aliphatic rings. The van der Waals surface area contributed by atoms with Crippen LogP contribution in [0.4, 0.5) is 0 Å². The van der Waals surface area contributed by atoms with E-state index in [9.17, 15) is 0 Å². The topological polar surface area (TPSA) is 0 Å². The molecule has 0 rings (SSSR count). The van der Waals surface area contributed by atoms with Crippen LogP contribution in [0, 0.1) is 5.41 Å². The molecule has 30 heavy (non-hydrogen) atoms. The van der Waals surface area contributed by atoms with E-state index in [0.717, 1.165) is 0 Å². The van der Waals surface area contributed by atoms with Crippen LogP contribution in [0.2, 0.25) is 0 Å². The van der Waals surface area contributed by atoms with Crippen molar-refractivity contribution in [3.8, 4) is 0 Å². The molecule has 0 aromatic carbocycles. The summed E-state index contributed by atoms with van der Waals surface area (Å²) in [6.07, 6.45) is 24.3. The molecular formula is C30H52. The van der Waals surface area contributed by atoms with Gasteiger partial charge in [-0.05, 0) is 118 Å². The Labute approximate surface area is 190 Å². The fraction of sp³-hybridized carbons (Fsp3) is 0.667. The molecule has 0 saturated carbocycles. The van der Waals surface area contributed by atoms with Gasteiger partial charge in [-0.15, -0.1) is 0 Å². The molecule has 0 aromatic heterocycles. The van der Waals surface area contributed by atoms with Crippen molar-refractivity contribution >= 4 is 0 Å². The molecular weight excluding hydrogens is 360 g/mol. The molecule has 0 bridgehead atoms. The van der Waals surface area contributed by atoms with E-state index in [4.69, 9.17) is 0 Å². The van der Waals surface area contributed by atoms with E-state index < -0.39 is 0 Å². The predicted molar refractivity (Wildman–Crippen MR) is 140 cm³/mol. The molecule has 0 heterocycles. The van der Waals surface area contributed by atoms with Crippen LogP contribution in [0.25, 0.3) is 0 Å². The van der Waals surface area contributed by atoms with Crippen LogP contribution < -0.4 is 0 Å². The molecule has 0 heteroatoms. The van der Waals surface area contributed by atoms with Gasteiger partial charge in [0.15, 0.2) is 0 Å². The number of hydrogen-bond donors (Lipinski definition) is 0. The number of rotatable bonds is 15. The third-order valence-corrected chi connectivity index (χ3v) is 6.48. The minimum Gasteiger partial charge on any atom is -0.0856 e. The summed E-state index contributed by atoms with van der Waals surface area (Å²) in [6.45, 7) is 20.4. The van der Waals surface area contributed by atoms with E-state index >= 15 is 0 Å². The lowest BCUT2D eigenvalue weighted by molar-refractivity contribution is 0.267. The summed E-state index contributed by atoms with van der Waals surface area (Å²) in [5, 5.41) is 0. The highest BCUT2D eigenvalue weighted by molar-refractivity contribution is 5.08. The van der Waals surface area contributed by atoms with Gasteiger partial charge in [0.05, 0.1) is 0 Å². The fourth-order valence-electron chi connectivity index (χ4n) is 3.72. The summed E-state index contributed by atoms with van der Waals surface area (Å²) >= 11 is 0. The van der Waals surface area contributed by atoms with Crippen molar-refractivity contribution in [2.75, 3.05) is 0 Å². The van der Waals surface area contributed by atoms with Crippen LogP contribution in [0.15, 0.2) is 58.2 Å². The molecule has 0 N–H and O–H groups in total. The van der Waals surface area contributed by atoms with E-state index in [-0.39, 0.29) is 0 Å². The van der Waals surface area contributed by atoms with Gasteiger partial charge in [0.1, 0.15) is 0 Å². The molecule has 0 aromatic rings. The standard InChI is InChI=1S/C30H52/c1-10-30(11-2,23-21-28(8)18-13-16-26(5)6)24-22-29(9)20-14-19-27(7)17-12-15-25(3)4/h15-16,19,21-22H,10-14,17-18,20,23-24H2,1-9H3/b27-19+,28-21+,29-22+. The Bertz CT molecular complexity index is 606. The summed E-state index contributed by atoms with van der Waals surface area (Å²) in [5.41, 5.74) is 7.92. The van der Waals surface area contributed by atoms with E-state index in [0.29, 0.717) is 5.41 Å². The average molecular weight is 413 g/mol. The second kappa shape index (κ2) is 16.4. The van der Waals surface area contributed by atoms with Crippen molar-refractivity contribution in [2.45, 2.75) is 127 Å². The van der Waals surface area contributed by atoms with Crippen molar-refractivity contribution < 1.29 is 0 Å². The zero-order valence-corrected chi connectivity index (χ0v) is 22.0. The third-order valence-electron chi connectivity index (χ3n) is 6.48. The Morgan fingerprint density at radius 1 is 0.500 bits per heavy atom. The molecule has 0 amide bonds. The lowest BCUT2D eigenvalue weighted by atomic mass is 9.75. The fourth-order valence-corrected chi connectivity index (χ4v) is 3.72. The number of allylic oxidation sites excluding steroid dienone is 10. The molecule has 0 aliphatic carbocycles. The van der Waals surface area contributed by atoms with Crippen LogP contribution in [0.1, 0.15) is 127 Å². The smallest absolute Gasteiger partial charge is 0.0233 e. The van der Waals surface area contributed by atoms with Gasteiger partial charge in [-0.2, -0.15) is 0 Å². The highest BCUT2D eigenvalue weighted by atomic mass is 14.3. The predicted octanol–water partition coefficient (Wildman–Crippen LogP) is 10.7. The molecule has 0 saturated heterocycles. The third kappa shape index (κ3) is 14.6. The summed E-state index contributed by atoms with van der Waals surface area (Å²) in [4.78, 5) is 0. The molecule has 0 spiro atoms. The first-order valence-corrected chi connectivity index (χ1v) is 12.4. The molecule has 0 atom stereocenters. The molecule has 0 unspecified atom stereocenters. The van der Waals surface area contributed by atoms with E-state index in [1.54, 1.807) is 11.1 Å². The van der Waals surface area contributed by atoms with E-state index in [2.05, 4.69) is 92.7 Å². The molecule has 0 fully saturated rings. The lowest BCUT2D eigenvalue weighted by Gasteiger charge is -2.30. The van der Waals surface area contributed by atoms with Crippen molar-refractivity contribution in [1.29, 1.82) is 0 Å². The van der Waals surface area contributed by atoms with Gasteiger partial charge >= 0.3 is 0 Å². The van der Waals surface area contributed by atoms with E-state index in [1.807, 2.05) is 0 Å². The second-order valence-electron chi connectivity index (χ2n) is 9.95. The van der Waals surface area contributed by atoms with Crippen LogP contribution in [0.3, 0.4) is 0 Å². The summed E-state index contributed by atoms with van der Waals surface area (Å²) in [7, 11) is 0. The summed E-state index contributed by atoms with van der Waals surface area (Å²) in [5.74, 6) is 0. The SMILES string of the molecule is CCC(CC)(C/C=C(\C)CCC=C(C)C)C/C=C(\C)CC/C=C(\C)CCC=C(C)C. The van der Waals surface area contributed by atoms with Gasteiger partial charge in [-0.3, -0.25) is 0 Å². The van der Waals surface area contributed by atoms with Crippen molar-refractivity contribution in [3.05, 3.63) is 58.2 Å². The maximum Gasteiger partial charge on any atom is -0.0233 e.